The Morgan fingerprint density at radius 3 is 2.50 bits per heavy atom. The predicted octanol–water partition coefficient (Wildman–Crippen LogP) is -1.37. The monoisotopic (exact) mass is 214 g/mol. The standard InChI is InChI=1S/C11H19N2.ClH/c1-4-11(10-13(2,3)12)8-6-5-7-9-11;/h4-8H,1,9-10,12H2,2-3H3;1H/q+1;/p-1. The molecule has 2 N–H and O–H groups in total. The highest BCUT2D eigenvalue weighted by molar-refractivity contribution is 5.21. The molecule has 0 aromatic carbocycles. The zero-order valence-corrected chi connectivity index (χ0v) is 9.67. The third-order valence-electron chi connectivity index (χ3n) is 2.28. The number of nitrogens with two attached hydrogens (primary N) is 1. The van der Waals surface area contributed by atoms with Crippen molar-refractivity contribution >= 4 is 0 Å². The molecule has 0 aliphatic heterocycles. The fourth-order valence-corrected chi connectivity index (χ4v) is 1.77. The predicted molar refractivity (Wildman–Crippen MR) is 56.7 cm³/mol. The van der Waals surface area contributed by atoms with E-state index in [1.54, 1.807) is 0 Å². The van der Waals surface area contributed by atoms with Gasteiger partial charge in [-0.25, -0.2) is 0 Å². The molecular formula is C11H19ClN2. The van der Waals surface area contributed by atoms with E-state index in [-0.39, 0.29) is 17.8 Å². The first-order valence-electron chi connectivity index (χ1n) is 4.57. The summed E-state index contributed by atoms with van der Waals surface area (Å²) in [5.74, 6) is 5.96. The number of hydrogen-bond donors (Lipinski definition) is 1. The lowest BCUT2D eigenvalue weighted by Crippen LogP contribution is -3.00. The Morgan fingerprint density at radius 1 is 1.50 bits per heavy atom. The van der Waals surface area contributed by atoms with Crippen molar-refractivity contribution < 1.29 is 17.0 Å². The van der Waals surface area contributed by atoms with Crippen LogP contribution in [-0.2, 0) is 0 Å². The van der Waals surface area contributed by atoms with Crippen molar-refractivity contribution in [2.24, 2.45) is 11.3 Å². The molecule has 14 heavy (non-hydrogen) atoms. The second-order valence-electron chi connectivity index (χ2n) is 4.37. The lowest BCUT2D eigenvalue weighted by Gasteiger charge is -2.34. The largest absolute Gasteiger partial charge is 1.00 e. The Hall–Kier alpha value is -0.570. The number of halogens is 1. The smallest absolute Gasteiger partial charge is 0.109 e. The highest BCUT2D eigenvalue weighted by Crippen LogP contribution is 2.30. The van der Waals surface area contributed by atoms with Crippen molar-refractivity contribution in [1.29, 1.82) is 0 Å². The molecule has 3 heteroatoms. The van der Waals surface area contributed by atoms with E-state index in [2.05, 4.69) is 30.9 Å². The van der Waals surface area contributed by atoms with Crippen LogP contribution in [0.5, 0.6) is 0 Å². The maximum atomic E-state index is 5.96. The normalized spacial score (nSPS) is 25.6. The Bertz CT molecular complexity index is 251. The van der Waals surface area contributed by atoms with Crippen molar-refractivity contribution in [2.45, 2.75) is 6.42 Å². The van der Waals surface area contributed by atoms with Gasteiger partial charge in [-0.2, -0.15) is 5.84 Å². The first kappa shape index (κ1) is 13.4. The molecule has 0 bridgehead atoms. The summed E-state index contributed by atoms with van der Waals surface area (Å²) in [6.07, 6.45) is 11.5. The fourth-order valence-electron chi connectivity index (χ4n) is 1.77. The summed E-state index contributed by atoms with van der Waals surface area (Å²) in [6.45, 7) is 4.78. The first-order chi connectivity index (χ1) is 5.97. The number of quaternary nitrogens is 1. The van der Waals surface area contributed by atoms with E-state index in [9.17, 15) is 0 Å². The molecule has 1 aliphatic rings. The van der Waals surface area contributed by atoms with Crippen LogP contribution in [0.4, 0.5) is 0 Å². The van der Waals surface area contributed by atoms with Crippen molar-refractivity contribution in [3.05, 3.63) is 37.0 Å². The molecule has 0 spiro atoms. The summed E-state index contributed by atoms with van der Waals surface area (Å²) in [4.78, 5) is 0. The van der Waals surface area contributed by atoms with Crippen LogP contribution in [-0.4, -0.2) is 25.2 Å². The van der Waals surface area contributed by atoms with E-state index in [4.69, 9.17) is 5.84 Å². The number of hydrogen-bond acceptors (Lipinski definition) is 1. The van der Waals surface area contributed by atoms with Crippen LogP contribution in [0.1, 0.15) is 6.42 Å². The van der Waals surface area contributed by atoms with Crippen LogP contribution in [0, 0.1) is 5.41 Å². The molecular weight excluding hydrogens is 196 g/mol. The Labute approximate surface area is 92.7 Å². The summed E-state index contributed by atoms with van der Waals surface area (Å²) < 4.78 is 0.476. The molecule has 0 amide bonds. The van der Waals surface area contributed by atoms with Crippen LogP contribution in [0.25, 0.3) is 0 Å². The highest BCUT2D eigenvalue weighted by atomic mass is 35.5. The van der Waals surface area contributed by atoms with Gasteiger partial charge in [0, 0.05) is 0 Å². The summed E-state index contributed by atoms with van der Waals surface area (Å²) in [7, 11) is 3.99. The minimum Gasteiger partial charge on any atom is -1.00 e. The first-order valence-corrected chi connectivity index (χ1v) is 4.57. The van der Waals surface area contributed by atoms with E-state index in [0.717, 1.165) is 13.0 Å². The molecule has 1 atom stereocenters. The fraction of sp³-hybridized carbons (Fsp3) is 0.455. The van der Waals surface area contributed by atoms with E-state index < -0.39 is 0 Å². The highest BCUT2D eigenvalue weighted by Gasteiger charge is 2.30. The summed E-state index contributed by atoms with van der Waals surface area (Å²) in [5, 5.41) is 0. The van der Waals surface area contributed by atoms with E-state index in [0.29, 0.717) is 4.59 Å². The van der Waals surface area contributed by atoms with Gasteiger partial charge in [-0.05, 0) is 6.42 Å². The maximum Gasteiger partial charge on any atom is 0.109 e. The molecule has 2 nitrogen and oxygen atoms in total. The Morgan fingerprint density at radius 2 is 2.14 bits per heavy atom. The minimum atomic E-state index is 0. The lowest BCUT2D eigenvalue weighted by atomic mass is 9.81. The number of rotatable bonds is 3. The van der Waals surface area contributed by atoms with Crippen molar-refractivity contribution in [3.8, 4) is 0 Å². The van der Waals surface area contributed by atoms with Gasteiger partial charge in [0.05, 0.1) is 19.5 Å². The second kappa shape index (κ2) is 4.78. The van der Waals surface area contributed by atoms with Crippen LogP contribution in [0.2, 0.25) is 0 Å². The van der Waals surface area contributed by atoms with Gasteiger partial charge in [0.15, 0.2) is 0 Å². The van der Waals surface area contributed by atoms with Crippen molar-refractivity contribution in [1.82, 2.24) is 0 Å². The average Bonchev–Trinajstić information content (AvgIpc) is 2.03. The van der Waals surface area contributed by atoms with Gasteiger partial charge in [0.2, 0.25) is 0 Å². The molecule has 0 aromatic rings. The molecule has 0 fully saturated rings. The third-order valence-corrected chi connectivity index (χ3v) is 2.28. The van der Waals surface area contributed by atoms with Gasteiger partial charge in [-0.15, -0.1) is 6.58 Å². The number of nitrogens with zero attached hydrogens (tertiary/aromatic N) is 1. The van der Waals surface area contributed by atoms with E-state index >= 15 is 0 Å². The SMILES string of the molecule is C=CC1(C[N+](C)(C)N)C=CC=CC1.[Cl-]. The summed E-state index contributed by atoms with van der Waals surface area (Å²) >= 11 is 0. The molecule has 1 unspecified atom stereocenters. The van der Waals surface area contributed by atoms with Crippen LogP contribution in [0.3, 0.4) is 0 Å². The number of allylic oxidation sites excluding steroid dienone is 3. The maximum absolute atomic E-state index is 5.96. The Kier molecular flexibility index (Phi) is 4.59. The summed E-state index contributed by atoms with van der Waals surface area (Å²) in [6, 6.07) is 0. The van der Waals surface area contributed by atoms with Gasteiger partial charge in [-0.3, -0.25) is 4.59 Å². The molecule has 0 radical (unpaired) electrons. The van der Waals surface area contributed by atoms with E-state index in [1.165, 1.54) is 0 Å². The topological polar surface area (TPSA) is 26.0 Å². The van der Waals surface area contributed by atoms with Gasteiger partial charge in [0.1, 0.15) is 6.54 Å². The lowest BCUT2D eigenvalue weighted by molar-refractivity contribution is -0.907. The van der Waals surface area contributed by atoms with Gasteiger partial charge >= 0.3 is 0 Å². The second-order valence-corrected chi connectivity index (χ2v) is 4.37. The quantitative estimate of drug-likeness (QED) is 0.267. The zero-order chi connectivity index (χ0) is 9.95. The van der Waals surface area contributed by atoms with E-state index in [1.807, 2.05) is 20.2 Å². The molecule has 0 saturated heterocycles. The average molecular weight is 215 g/mol. The molecule has 80 valence electrons. The van der Waals surface area contributed by atoms with Gasteiger partial charge < -0.3 is 12.4 Å². The van der Waals surface area contributed by atoms with Crippen LogP contribution >= 0.6 is 0 Å². The van der Waals surface area contributed by atoms with Crippen molar-refractivity contribution in [2.75, 3.05) is 20.6 Å². The van der Waals surface area contributed by atoms with Gasteiger partial charge in [-0.1, -0.05) is 30.4 Å². The molecule has 0 heterocycles. The van der Waals surface area contributed by atoms with Gasteiger partial charge in [0.25, 0.3) is 0 Å². The molecule has 0 saturated carbocycles. The van der Waals surface area contributed by atoms with Crippen LogP contribution in [0.15, 0.2) is 37.0 Å². The minimum absolute atomic E-state index is 0. The molecule has 1 rings (SSSR count). The van der Waals surface area contributed by atoms with Crippen LogP contribution < -0.4 is 18.2 Å². The third kappa shape index (κ3) is 3.66. The Balaban J connectivity index is 0.00000169. The van der Waals surface area contributed by atoms with Crippen molar-refractivity contribution in [3.63, 3.8) is 0 Å². The zero-order valence-electron chi connectivity index (χ0n) is 8.91. The molecule has 0 aromatic heterocycles. The molecule has 1 aliphatic carbocycles. The summed E-state index contributed by atoms with van der Waals surface area (Å²) in [5.41, 5.74) is 0.0486.